The van der Waals surface area contributed by atoms with Gasteiger partial charge in [0.25, 0.3) is 5.91 Å². The van der Waals surface area contributed by atoms with Gasteiger partial charge >= 0.3 is 5.97 Å². The molecule has 7 atom stereocenters. The number of ether oxygens (including phenoxy) is 2. The van der Waals surface area contributed by atoms with E-state index in [-0.39, 0.29) is 43.8 Å². The number of carbonyl (C=O) groups is 4. The number of hydrogen-bond donors (Lipinski definition) is 1. The van der Waals surface area contributed by atoms with E-state index < -0.39 is 47.7 Å². The van der Waals surface area contributed by atoms with Crippen LogP contribution in [0.5, 0.6) is 0 Å². The van der Waals surface area contributed by atoms with Gasteiger partial charge in [0, 0.05) is 57.6 Å². The van der Waals surface area contributed by atoms with Gasteiger partial charge in [-0.15, -0.1) is 0 Å². The molecule has 278 valence electrons. The summed E-state index contributed by atoms with van der Waals surface area (Å²) >= 11 is 0. The minimum Gasteiger partial charge on any atom is -0.455 e. The predicted octanol–water partition coefficient (Wildman–Crippen LogP) is 4.66. The quantitative estimate of drug-likeness (QED) is 0.215. The van der Waals surface area contributed by atoms with Gasteiger partial charge in [0.1, 0.15) is 23.7 Å². The van der Waals surface area contributed by atoms with Crippen molar-refractivity contribution in [2.24, 2.45) is 11.8 Å². The van der Waals surface area contributed by atoms with Gasteiger partial charge in [0.15, 0.2) is 0 Å². The minimum atomic E-state index is -1.36. The fourth-order valence-electron chi connectivity index (χ4n) is 8.33. The lowest BCUT2D eigenvalue weighted by Gasteiger charge is -2.36. The van der Waals surface area contributed by atoms with Crippen molar-refractivity contribution in [2.45, 2.75) is 82.8 Å². The van der Waals surface area contributed by atoms with Crippen molar-refractivity contribution in [3.05, 3.63) is 84.5 Å². The van der Waals surface area contributed by atoms with E-state index in [1.165, 1.54) is 0 Å². The first-order chi connectivity index (χ1) is 25.2. The minimum absolute atomic E-state index is 0.0374. The van der Waals surface area contributed by atoms with E-state index in [2.05, 4.69) is 18.7 Å². The highest BCUT2D eigenvalue weighted by molar-refractivity contribution is 6.05. The first kappa shape index (κ1) is 37.3. The number of esters is 1. The van der Waals surface area contributed by atoms with Crippen molar-refractivity contribution in [3.8, 4) is 0 Å². The van der Waals surface area contributed by atoms with Crippen LogP contribution in [0.2, 0.25) is 0 Å². The monoisotopic (exact) mass is 712 g/mol. The largest absolute Gasteiger partial charge is 0.455 e. The van der Waals surface area contributed by atoms with Gasteiger partial charge in [-0.05, 0) is 76.3 Å². The zero-order valence-corrected chi connectivity index (χ0v) is 30.7. The molecule has 4 aliphatic heterocycles. The number of carbonyl (C=O) groups excluding carboxylic acids is 4. The normalized spacial score (nSPS) is 29.8. The zero-order valence-electron chi connectivity index (χ0n) is 30.7. The Kier molecular flexibility index (Phi) is 11.5. The maximum absolute atomic E-state index is 15.1. The Hall–Kier alpha value is -4.48. The van der Waals surface area contributed by atoms with Crippen molar-refractivity contribution in [3.63, 3.8) is 0 Å². The van der Waals surface area contributed by atoms with Crippen LogP contribution in [0.25, 0.3) is 0 Å². The second-order valence-corrected chi connectivity index (χ2v) is 14.2. The van der Waals surface area contributed by atoms with Gasteiger partial charge < -0.3 is 34.2 Å². The molecule has 0 aliphatic carbocycles. The fourth-order valence-corrected chi connectivity index (χ4v) is 8.33. The van der Waals surface area contributed by atoms with Gasteiger partial charge in [0.05, 0.1) is 18.1 Å². The topological polar surface area (TPSA) is 120 Å². The lowest BCUT2D eigenvalue weighted by Crippen LogP contribution is -2.56. The third kappa shape index (κ3) is 6.88. The van der Waals surface area contributed by atoms with Crippen LogP contribution >= 0.6 is 0 Å². The van der Waals surface area contributed by atoms with E-state index in [1.807, 2.05) is 79.7 Å². The van der Waals surface area contributed by atoms with E-state index in [4.69, 9.17) is 9.47 Å². The maximum Gasteiger partial charge on any atom is 0.313 e. The van der Waals surface area contributed by atoms with Crippen LogP contribution in [0.3, 0.4) is 0 Å². The second-order valence-electron chi connectivity index (χ2n) is 14.2. The number of likely N-dealkylation sites (N-methyl/N-ethyl adjacent to an activating group) is 1. The Labute approximate surface area is 306 Å². The highest BCUT2D eigenvalue weighted by Gasteiger charge is 2.73. The van der Waals surface area contributed by atoms with E-state index in [0.717, 1.165) is 24.3 Å². The number of hydrogen-bond acceptors (Lipinski definition) is 8. The summed E-state index contributed by atoms with van der Waals surface area (Å²) in [6.45, 7) is 8.26. The number of aliphatic hydroxyl groups excluding tert-OH is 1. The van der Waals surface area contributed by atoms with Crippen LogP contribution < -0.4 is 9.80 Å². The zero-order chi connectivity index (χ0) is 37.0. The van der Waals surface area contributed by atoms with Crippen LogP contribution in [-0.2, 0) is 28.7 Å². The number of unbranched alkanes of at least 4 members (excludes halogenated alkanes) is 2. The van der Waals surface area contributed by atoms with Gasteiger partial charge in [0.2, 0.25) is 11.8 Å². The smallest absolute Gasteiger partial charge is 0.313 e. The number of rotatable bonds is 10. The van der Waals surface area contributed by atoms with Crippen molar-refractivity contribution >= 4 is 35.1 Å². The highest BCUT2D eigenvalue weighted by atomic mass is 16.6. The number of fused-ring (bicyclic) bond motifs is 2. The first-order valence-electron chi connectivity index (χ1n) is 18.8. The molecule has 4 heterocycles. The number of likely N-dealkylation sites (tertiary alicyclic amines) is 1. The molecule has 0 aromatic heterocycles. The molecular weight excluding hydrogens is 660 g/mol. The highest BCUT2D eigenvalue weighted by Crippen LogP contribution is 2.56. The molecule has 11 nitrogen and oxygen atoms in total. The molecule has 2 fully saturated rings. The average molecular weight is 713 g/mol. The third-order valence-corrected chi connectivity index (χ3v) is 11.3. The van der Waals surface area contributed by atoms with E-state index in [1.54, 1.807) is 27.8 Å². The average Bonchev–Trinajstić information content (AvgIpc) is 3.81. The summed E-state index contributed by atoms with van der Waals surface area (Å²) in [5, 5.41) is 9.44. The Morgan fingerprint density at radius 2 is 1.65 bits per heavy atom. The molecule has 0 unspecified atom stereocenters. The Bertz CT molecular complexity index is 1660. The van der Waals surface area contributed by atoms with Gasteiger partial charge in [-0.25, -0.2) is 0 Å². The summed E-state index contributed by atoms with van der Waals surface area (Å²) in [6, 6.07) is 15.6. The molecule has 4 aliphatic rings. The molecule has 1 N–H and O–H groups in total. The Balaban J connectivity index is 1.43. The summed E-state index contributed by atoms with van der Waals surface area (Å²) in [4.78, 5) is 64.7. The summed E-state index contributed by atoms with van der Waals surface area (Å²) in [5.41, 5.74) is 1.07. The number of allylic oxidation sites excluding steroid dienone is 1. The first-order valence-corrected chi connectivity index (χ1v) is 18.8. The van der Waals surface area contributed by atoms with Crippen LogP contribution in [0.4, 0.5) is 11.4 Å². The molecule has 0 radical (unpaired) electrons. The van der Waals surface area contributed by atoms with Crippen LogP contribution in [0, 0.1) is 11.8 Å². The molecule has 52 heavy (non-hydrogen) atoms. The summed E-state index contributed by atoms with van der Waals surface area (Å²) < 4.78 is 13.0. The third-order valence-electron chi connectivity index (χ3n) is 11.3. The van der Waals surface area contributed by atoms with Crippen molar-refractivity contribution in [2.75, 3.05) is 49.6 Å². The lowest BCUT2D eigenvalue weighted by molar-refractivity contribution is -0.164. The molecule has 5 bridgehead atoms. The van der Waals surface area contributed by atoms with Gasteiger partial charge in [-0.1, -0.05) is 54.6 Å². The standard InChI is InChI=1S/C41H52N4O7/c1-5-43(6-2)30-19-21-31(22-20-30)44-25-13-8-12-18-33(47)42(4)28(3)36(29-16-10-7-11-17-29)51-40(50)34-32-23-24-41(52-32)35(34)38(48)45(37(41)39(44)49)26-14-9-15-27-46/h7-8,10-11,13,16-17,19-24,28,32,34-37,46H,5-6,9,12,14-15,18,25-27H2,1-4H3/b13-8-/t28-,32+,34-,35-,36+,37+,41-/m0/s1. The summed E-state index contributed by atoms with van der Waals surface area (Å²) in [5.74, 6) is -3.28. The molecular formula is C41H52N4O7. The van der Waals surface area contributed by atoms with Gasteiger partial charge in [-0.2, -0.15) is 0 Å². The summed E-state index contributed by atoms with van der Waals surface area (Å²) in [6.07, 6.45) is 8.39. The fraction of sp³-hybridized carbons (Fsp3) is 0.512. The van der Waals surface area contributed by atoms with Crippen molar-refractivity contribution in [1.29, 1.82) is 0 Å². The Morgan fingerprint density at radius 3 is 2.35 bits per heavy atom. The molecule has 1 spiro atoms. The number of anilines is 2. The molecule has 2 saturated heterocycles. The second kappa shape index (κ2) is 16.0. The number of benzene rings is 2. The molecule has 0 saturated carbocycles. The number of nitrogens with zero attached hydrogens (tertiary/aromatic N) is 4. The number of cyclic esters (lactones) is 1. The molecule has 3 amide bonds. The van der Waals surface area contributed by atoms with Crippen molar-refractivity contribution in [1.82, 2.24) is 9.80 Å². The number of amides is 3. The van der Waals surface area contributed by atoms with Crippen LogP contribution in [0.15, 0.2) is 78.9 Å². The maximum atomic E-state index is 15.1. The SMILES string of the molecule is CCN(CC)c1ccc(N2C/C=C\CCC(=O)N(C)[C@@H](C)[C@H](c3ccccc3)OC(=O)[C@@H]3[C@H]4C(=O)N(CCCCCO)[C@H](C2=O)[C@]42C=C[C@H]3O2)cc1. The van der Waals surface area contributed by atoms with Crippen molar-refractivity contribution < 1.29 is 33.8 Å². The Morgan fingerprint density at radius 1 is 0.923 bits per heavy atom. The molecule has 2 aromatic rings. The summed E-state index contributed by atoms with van der Waals surface area (Å²) in [7, 11) is 1.72. The van der Waals surface area contributed by atoms with Gasteiger partial charge in [-0.3, -0.25) is 19.2 Å². The van der Waals surface area contributed by atoms with E-state index in [0.29, 0.717) is 31.4 Å². The van der Waals surface area contributed by atoms with Crippen LogP contribution in [0.1, 0.15) is 64.5 Å². The number of aliphatic hydroxyl groups is 1. The van der Waals surface area contributed by atoms with E-state index >= 15 is 4.79 Å². The van der Waals surface area contributed by atoms with E-state index in [9.17, 15) is 19.5 Å². The molecule has 2 aromatic carbocycles. The molecule has 6 rings (SSSR count). The molecule has 11 heteroatoms. The lowest BCUT2D eigenvalue weighted by atomic mass is 9.74. The van der Waals surface area contributed by atoms with Crippen LogP contribution in [-0.4, -0.2) is 102 Å². The predicted molar refractivity (Wildman–Crippen MR) is 198 cm³/mol.